The lowest BCUT2D eigenvalue weighted by atomic mass is 10.0. The molecule has 0 aliphatic heterocycles. The summed E-state index contributed by atoms with van der Waals surface area (Å²) in [6, 6.07) is 13.6. The van der Waals surface area contributed by atoms with E-state index in [0.29, 0.717) is 10.0 Å². The molecule has 2 aromatic carbocycles. The quantitative estimate of drug-likeness (QED) is 0.605. The number of hydrogen-bond donors (Lipinski definition) is 0. The Morgan fingerprint density at radius 3 is 2.40 bits per heavy atom. The number of halogens is 2. The fourth-order valence-electron chi connectivity index (χ4n) is 2.55. The number of hydrogen-bond acceptors (Lipinski definition) is 3. The van der Waals surface area contributed by atoms with Crippen LogP contribution in [0.5, 0.6) is 0 Å². The minimum atomic E-state index is -0.452. The first kappa shape index (κ1) is 17.5. The van der Waals surface area contributed by atoms with Gasteiger partial charge in [-0.25, -0.2) is 9.78 Å². The SMILES string of the molecule is COC(=O)c1cn(-c2ccc(CCc3c(Cl)cccc3Cl)cc2)cn1. The van der Waals surface area contributed by atoms with E-state index in [2.05, 4.69) is 9.72 Å². The van der Waals surface area contributed by atoms with Crippen molar-refractivity contribution in [3.05, 3.63) is 81.9 Å². The van der Waals surface area contributed by atoms with E-state index in [0.717, 1.165) is 24.1 Å². The Morgan fingerprint density at radius 2 is 1.76 bits per heavy atom. The predicted molar refractivity (Wildman–Crippen MR) is 98.8 cm³/mol. The highest BCUT2D eigenvalue weighted by molar-refractivity contribution is 6.35. The van der Waals surface area contributed by atoms with Gasteiger partial charge in [0.25, 0.3) is 0 Å². The van der Waals surface area contributed by atoms with Crippen LogP contribution < -0.4 is 0 Å². The largest absolute Gasteiger partial charge is 0.464 e. The molecule has 3 aromatic rings. The molecule has 1 aromatic heterocycles. The van der Waals surface area contributed by atoms with Gasteiger partial charge in [0.2, 0.25) is 0 Å². The first-order valence-corrected chi connectivity index (χ1v) is 8.48. The Hall–Kier alpha value is -2.30. The third-order valence-corrected chi connectivity index (χ3v) is 4.65. The molecule has 25 heavy (non-hydrogen) atoms. The molecule has 6 heteroatoms. The van der Waals surface area contributed by atoms with Gasteiger partial charge >= 0.3 is 5.97 Å². The number of methoxy groups -OCH3 is 1. The predicted octanol–water partition coefficient (Wildman–Crippen LogP) is 4.75. The molecular formula is C19H16Cl2N2O2. The summed E-state index contributed by atoms with van der Waals surface area (Å²) in [7, 11) is 1.33. The van der Waals surface area contributed by atoms with E-state index >= 15 is 0 Å². The maximum absolute atomic E-state index is 11.5. The maximum atomic E-state index is 11.5. The highest BCUT2D eigenvalue weighted by Gasteiger charge is 2.10. The molecule has 0 saturated carbocycles. The highest BCUT2D eigenvalue weighted by atomic mass is 35.5. The van der Waals surface area contributed by atoms with Crippen LogP contribution in [-0.2, 0) is 17.6 Å². The zero-order valence-electron chi connectivity index (χ0n) is 13.6. The average molecular weight is 375 g/mol. The van der Waals surface area contributed by atoms with Crippen molar-refractivity contribution in [1.82, 2.24) is 9.55 Å². The van der Waals surface area contributed by atoms with Gasteiger partial charge in [-0.2, -0.15) is 0 Å². The van der Waals surface area contributed by atoms with Gasteiger partial charge in [-0.3, -0.25) is 0 Å². The number of benzene rings is 2. The summed E-state index contributed by atoms with van der Waals surface area (Å²) in [5.74, 6) is -0.452. The van der Waals surface area contributed by atoms with Crippen molar-refractivity contribution >= 4 is 29.2 Å². The van der Waals surface area contributed by atoms with Crippen LogP contribution in [0.15, 0.2) is 55.0 Å². The van der Waals surface area contributed by atoms with Crippen LogP contribution in [0.4, 0.5) is 0 Å². The summed E-state index contributed by atoms with van der Waals surface area (Å²) in [6.07, 6.45) is 4.84. The van der Waals surface area contributed by atoms with E-state index in [9.17, 15) is 4.79 Å². The number of carbonyl (C=O) groups excluding carboxylic acids is 1. The topological polar surface area (TPSA) is 44.1 Å². The van der Waals surface area contributed by atoms with E-state index in [4.69, 9.17) is 23.2 Å². The molecule has 3 rings (SSSR count). The maximum Gasteiger partial charge on any atom is 0.358 e. The number of imidazole rings is 1. The molecule has 4 nitrogen and oxygen atoms in total. The van der Waals surface area contributed by atoms with Gasteiger partial charge in [0.1, 0.15) is 6.33 Å². The molecule has 0 bridgehead atoms. The Balaban J connectivity index is 1.70. The molecule has 0 fully saturated rings. The summed E-state index contributed by atoms with van der Waals surface area (Å²) >= 11 is 12.4. The summed E-state index contributed by atoms with van der Waals surface area (Å²) in [5, 5.41) is 1.38. The molecule has 1 heterocycles. The van der Waals surface area contributed by atoms with Gasteiger partial charge in [-0.1, -0.05) is 41.4 Å². The zero-order valence-corrected chi connectivity index (χ0v) is 15.1. The highest BCUT2D eigenvalue weighted by Crippen LogP contribution is 2.25. The fourth-order valence-corrected chi connectivity index (χ4v) is 3.14. The molecule has 0 unspecified atom stereocenters. The molecule has 0 N–H and O–H groups in total. The molecular weight excluding hydrogens is 359 g/mol. The molecule has 0 spiro atoms. The molecule has 0 atom stereocenters. The first-order valence-electron chi connectivity index (χ1n) is 7.73. The van der Waals surface area contributed by atoms with Gasteiger partial charge in [-0.15, -0.1) is 0 Å². The Bertz CT molecular complexity index is 868. The number of ether oxygens (including phenoxy) is 1. The summed E-state index contributed by atoms with van der Waals surface area (Å²) in [5.41, 5.74) is 3.34. The van der Waals surface area contributed by atoms with Crippen LogP contribution in [0.25, 0.3) is 5.69 Å². The lowest BCUT2D eigenvalue weighted by molar-refractivity contribution is 0.0594. The standard InChI is InChI=1S/C19H16Cl2N2O2/c1-25-19(24)18-11-23(12-22-18)14-8-5-13(6-9-14)7-10-15-16(20)3-2-4-17(15)21/h2-6,8-9,11-12H,7,10H2,1H3. The third kappa shape index (κ3) is 4.03. The smallest absolute Gasteiger partial charge is 0.358 e. The van der Waals surface area contributed by atoms with Crippen molar-refractivity contribution in [2.24, 2.45) is 0 Å². The van der Waals surface area contributed by atoms with Crippen LogP contribution in [0.1, 0.15) is 21.6 Å². The Kier molecular flexibility index (Phi) is 5.41. The molecule has 0 saturated heterocycles. The van der Waals surface area contributed by atoms with E-state index in [1.165, 1.54) is 12.7 Å². The molecule has 0 aliphatic carbocycles. The van der Waals surface area contributed by atoms with Crippen LogP contribution >= 0.6 is 23.2 Å². The minimum Gasteiger partial charge on any atom is -0.464 e. The average Bonchev–Trinajstić information content (AvgIpc) is 3.11. The van der Waals surface area contributed by atoms with Crippen molar-refractivity contribution in [3.63, 3.8) is 0 Å². The van der Waals surface area contributed by atoms with Gasteiger partial charge in [0.15, 0.2) is 5.69 Å². The van der Waals surface area contributed by atoms with Crippen LogP contribution in [0.3, 0.4) is 0 Å². The monoisotopic (exact) mass is 374 g/mol. The number of rotatable bonds is 5. The second-order valence-electron chi connectivity index (χ2n) is 5.52. The molecule has 0 amide bonds. The van der Waals surface area contributed by atoms with Crippen molar-refractivity contribution in [1.29, 1.82) is 0 Å². The van der Waals surface area contributed by atoms with E-state index in [-0.39, 0.29) is 5.69 Å². The summed E-state index contributed by atoms with van der Waals surface area (Å²) < 4.78 is 6.44. The number of aryl methyl sites for hydroxylation is 1. The first-order chi connectivity index (χ1) is 12.1. The van der Waals surface area contributed by atoms with Crippen molar-refractivity contribution in [2.45, 2.75) is 12.8 Å². The van der Waals surface area contributed by atoms with Gasteiger partial charge < -0.3 is 9.30 Å². The van der Waals surface area contributed by atoms with Gasteiger partial charge in [0.05, 0.1) is 7.11 Å². The molecule has 0 radical (unpaired) electrons. The number of carbonyl (C=O) groups is 1. The number of nitrogens with zero attached hydrogens (tertiary/aromatic N) is 2. The third-order valence-electron chi connectivity index (χ3n) is 3.94. The number of esters is 1. The zero-order chi connectivity index (χ0) is 17.8. The Labute approximate surface area is 156 Å². The van der Waals surface area contributed by atoms with Gasteiger partial charge in [-0.05, 0) is 48.2 Å². The van der Waals surface area contributed by atoms with E-state index < -0.39 is 5.97 Å². The Morgan fingerprint density at radius 1 is 1.08 bits per heavy atom. The fraction of sp³-hybridized carbons (Fsp3) is 0.158. The lowest BCUT2D eigenvalue weighted by Gasteiger charge is -2.08. The normalized spacial score (nSPS) is 10.7. The van der Waals surface area contributed by atoms with Crippen molar-refractivity contribution < 1.29 is 9.53 Å². The summed E-state index contributed by atoms with van der Waals surface area (Å²) in [4.78, 5) is 15.5. The van der Waals surface area contributed by atoms with Crippen molar-refractivity contribution in [2.75, 3.05) is 7.11 Å². The summed E-state index contributed by atoms with van der Waals surface area (Å²) in [6.45, 7) is 0. The molecule has 0 aliphatic rings. The number of aromatic nitrogens is 2. The van der Waals surface area contributed by atoms with Crippen molar-refractivity contribution in [3.8, 4) is 5.69 Å². The van der Waals surface area contributed by atoms with Gasteiger partial charge in [0, 0.05) is 21.9 Å². The van der Waals surface area contributed by atoms with E-state index in [1.54, 1.807) is 17.1 Å². The second-order valence-corrected chi connectivity index (χ2v) is 6.34. The molecule has 128 valence electrons. The van der Waals surface area contributed by atoms with E-state index in [1.807, 2.05) is 42.5 Å². The minimum absolute atomic E-state index is 0.278. The van der Waals surface area contributed by atoms with Crippen LogP contribution in [-0.4, -0.2) is 22.6 Å². The van der Waals surface area contributed by atoms with Crippen LogP contribution in [0.2, 0.25) is 10.0 Å². The van der Waals surface area contributed by atoms with Crippen LogP contribution in [0, 0.1) is 0 Å². The second kappa shape index (κ2) is 7.72. The lowest BCUT2D eigenvalue weighted by Crippen LogP contribution is -2.01.